The van der Waals surface area contributed by atoms with Gasteiger partial charge in [-0.15, -0.1) is 0 Å². The van der Waals surface area contributed by atoms with Gasteiger partial charge >= 0.3 is 0 Å². The van der Waals surface area contributed by atoms with Gasteiger partial charge in [-0.3, -0.25) is 9.35 Å². The Kier molecular flexibility index (Phi) is 3.14. The molecule has 1 aromatic carbocycles. The summed E-state index contributed by atoms with van der Waals surface area (Å²) >= 11 is 0. The molecule has 6 nitrogen and oxygen atoms in total. The lowest BCUT2D eigenvalue weighted by molar-refractivity contribution is -0.117. The predicted molar refractivity (Wildman–Crippen MR) is 64.0 cm³/mol. The lowest BCUT2D eigenvalue weighted by atomic mass is 10.2. The number of β-amino-alcohol motifs (C(OH)–C–C–N with tert-alkyl or cyclic N) is 1. The van der Waals surface area contributed by atoms with Gasteiger partial charge in [0.1, 0.15) is 4.90 Å². The van der Waals surface area contributed by atoms with Gasteiger partial charge in [0.2, 0.25) is 5.91 Å². The Morgan fingerprint density at radius 1 is 1.39 bits per heavy atom. The molecule has 0 spiro atoms. The van der Waals surface area contributed by atoms with Crippen molar-refractivity contribution in [2.45, 2.75) is 24.3 Å². The van der Waals surface area contributed by atoms with Gasteiger partial charge in [-0.05, 0) is 24.6 Å². The largest absolute Gasteiger partial charge is 0.391 e. The zero-order chi connectivity index (χ0) is 13.5. The summed E-state index contributed by atoms with van der Waals surface area (Å²) in [5.41, 5.74) is 0.753. The van der Waals surface area contributed by atoms with Gasteiger partial charge in [0.15, 0.2) is 0 Å². The van der Waals surface area contributed by atoms with E-state index in [4.69, 9.17) is 0 Å². The van der Waals surface area contributed by atoms with Crippen LogP contribution >= 0.6 is 0 Å². The van der Waals surface area contributed by atoms with Crippen molar-refractivity contribution in [2.75, 3.05) is 11.4 Å². The van der Waals surface area contributed by atoms with E-state index in [0.29, 0.717) is 5.56 Å². The summed E-state index contributed by atoms with van der Waals surface area (Å²) in [5, 5.41) is 9.41. The molecular formula is C11H13NO5S. The molecule has 1 unspecified atom stereocenters. The van der Waals surface area contributed by atoms with Crippen molar-refractivity contribution >= 4 is 21.7 Å². The third kappa shape index (κ3) is 2.38. The number of aliphatic hydroxyl groups excluding tert-OH is 1. The van der Waals surface area contributed by atoms with Gasteiger partial charge in [-0.1, -0.05) is 6.07 Å². The van der Waals surface area contributed by atoms with Crippen molar-refractivity contribution in [3.05, 3.63) is 23.8 Å². The molecule has 1 saturated heterocycles. The average Bonchev–Trinajstić information content (AvgIpc) is 2.56. The molecule has 98 valence electrons. The quantitative estimate of drug-likeness (QED) is 0.756. The lowest BCUT2D eigenvalue weighted by Crippen LogP contribution is -2.27. The molecule has 1 amide bonds. The average molecular weight is 271 g/mol. The summed E-state index contributed by atoms with van der Waals surface area (Å²) in [5.74, 6) is -0.365. The molecule has 1 atom stereocenters. The van der Waals surface area contributed by atoms with Gasteiger partial charge in [0, 0.05) is 0 Å². The highest BCUT2D eigenvalue weighted by Crippen LogP contribution is 2.29. The Morgan fingerprint density at radius 2 is 2.06 bits per heavy atom. The summed E-state index contributed by atoms with van der Waals surface area (Å²) in [6, 6.07) is 4.39. The topological polar surface area (TPSA) is 94.9 Å². The van der Waals surface area contributed by atoms with E-state index in [0.717, 1.165) is 0 Å². The molecule has 0 saturated carbocycles. The number of carbonyl (C=O) groups excluding carboxylic acids is 1. The van der Waals surface area contributed by atoms with E-state index in [1.165, 1.54) is 17.0 Å². The molecule has 2 rings (SSSR count). The molecule has 0 radical (unpaired) electrons. The minimum atomic E-state index is -4.41. The van der Waals surface area contributed by atoms with Gasteiger partial charge < -0.3 is 10.0 Å². The fraction of sp³-hybridized carbons (Fsp3) is 0.364. The van der Waals surface area contributed by atoms with Crippen LogP contribution in [0.25, 0.3) is 0 Å². The van der Waals surface area contributed by atoms with Crippen LogP contribution in [0, 0.1) is 6.92 Å². The van der Waals surface area contributed by atoms with Crippen molar-refractivity contribution in [1.82, 2.24) is 0 Å². The Hall–Kier alpha value is -1.44. The van der Waals surface area contributed by atoms with E-state index in [1.807, 2.05) is 0 Å². The summed E-state index contributed by atoms with van der Waals surface area (Å²) < 4.78 is 31.8. The second-order valence-electron chi connectivity index (χ2n) is 4.31. The standard InChI is InChI=1S/C11H13NO5S/c1-7-2-3-9(10(4-7)18(15,16)17)12-6-8(13)5-11(12)14/h2-4,8,13H,5-6H2,1H3,(H,15,16,17). The van der Waals surface area contributed by atoms with Crippen molar-refractivity contribution in [3.63, 3.8) is 0 Å². The number of anilines is 1. The third-order valence-electron chi connectivity index (χ3n) is 2.79. The molecule has 0 aromatic heterocycles. The number of nitrogens with zero attached hydrogens (tertiary/aromatic N) is 1. The Bertz CT molecular complexity index is 595. The Morgan fingerprint density at radius 3 is 2.56 bits per heavy atom. The van der Waals surface area contributed by atoms with Crippen LogP contribution < -0.4 is 4.90 Å². The first kappa shape index (κ1) is 13.0. The van der Waals surface area contributed by atoms with Gasteiger partial charge in [-0.2, -0.15) is 8.42 Å². The van der Waals surface area contributed by atoms with Crippen LogP contribution in [-0.4, -0.2) is 36.6 Å². The van der Waals surface area contributed by atoms with E-state index in [1.54, 1.807) is 13.0 Å². The van der Waals surface area contributed by atoms with Crippen LogP contribution in [0.3, 0.4) is 0 Å². The van der Waals surface area contributed by atoms with Gasteiger partial charge in [-0.25, -0.2) is 0 Å². The maximum Gasteiger partial charge on any atom is 0.296 e. The van der Waals surface area contributed by atoms with Crippen molar-refractivity contribution in [3.8, 4) is 0 Å². The maximum absolute atomic E-state index is 11.6. The normalized spacial score (nSPS) is 20.5. The monoisotopic (exact) mass is 271 g/mol. The second-order valence-corrected chi connectivity index (χ2v) is 5.70. The molecule has 1 aliphatic heterocycles. The number of aliphatic hydroxyl groups is 1. The molecule has 0 bridgehead atoms. The highest BCUT2D eigenvalue weighted by molar-refractivity contribution is 7.86. The molecule has 18 heavy (non-hydrogen) atoms. The minimum Gasteiger partial charge on any atom is -0.391 e. The highest BCUT2D eigenvalue weighted by Gasteiger charge is 2.32. The summed E-state index contributed by atoms with van der Waals surface area (Å²) in [6.45, 7) is 1.71. The number of aryl methyl sites for hydroxylation is 1. The van der Waals surface area contributed by atoms with E-state index < -0.39 is 16.2 Å². The van der Waals surface area contributed by atoms with Crippen LogP contribution in [-0.2, 0) is 14.9 Å². The van der Waals surface area contributed by atoms with Crippen molar-refractivity contribution in [2.24, 2.45) is 0 Å². The molecule has 1 heterocycles. The van der Waals surface area contributed by atoms with Gasteiger partial charge in [0.05, 0.1) is 24.8 Å². The fourth-order valence-corrected chi connectivity index (χ4v) is 2.75. The Labute approximate surface area is 105 Å². The van der Waals surface area contributed by atoms with E-state index in [2.05, 4.69) is 0 Å². The number of amides is 1. The number of hydrogen-bond donors (Lipinski definition) is 2. The highest BCUT2D eigenvalue weighted by atomic mass is 32.2. The first-order chi connectivity index (χ1) is 8.29. The van der Waals surface area contributed by atoms with E-state index in [9.17, 15) is 22.9 Å². The van der Waals surface area contributed by atoms with Gasteiger partial charge in [0.25, 0.3) is 10.1 Å². The number of carbonyl (C=O) groups is 1. The number of hydrogen-bond acceptors (Lipinski definition) is 4. The van der Waals surface area contributed by atoms with E-state index in [-0.39, 0.29) is 29.5 Å². The fourth-order valence-electron chi connectivity index (χ4n) is 1.97. The van der Waals surface area contributed by atoms with Crippen LogP contribution in [0.4, 0.5) is 5.69 Å². The van der Waals surface area contributed by atoms with Crippen LogP contribution in [0.1, 0.15) is 12.0 Å². The lowest BCUT2D eigenvalue weighted by Gasteiger charge is -2.18. The number of benzene rings is 1. The molecule has 2 N–H and O–H groups in total. The maximum atomic E-state index is 11.6. The molecule has 7 heteroatoms. The van der Waals surface area contributed by atoms with E-state index >= 15 is 0 Å². The second kappa shape index (κ2) is 4.34. The summed E-state index contributed by atoms with van der Waals surface area (Å²) in [4.78, 5) is 12.5. The molecule has 1 fully saturated rings. The van der Waals surface area contributed by atoms with Crippen LogP contribution in [0.5, 0.6) is 0 Å². The molecular weight excluding hydrogens is 258 g/mol. The van der Waals surface area contributed by atoms with Crippen LogP contribution in [0.2, 0.25) is 0 Å². The Balaban J connectivity index is 2.55. The van der Waals surface area contributed by atoms with Crippen LogP contribution in [0.15, 0.2) is 23.1 Å². The summed E-state index contributed by atoms with van der Waals surface area (Å²) in [7, 11) is -4.41. The molecule has 1 aromatic rings. The predicted octanol–water partition coefficient (Wildman–Crippen LogP) is 0.339. The summed E-state index contributed by atoms with van der Waals surface area (Å²) in [6.07, 6.45) is -0.855. The first-order valence-corrected chi connectivity index (χ1v) is 6.79. The minimum absolute atomic E-state index is 0.0322. The molecule has 1 aliphatic rings. The zero-order valence-corrected chi connectivity index (χ0v) is 10.5. The zero-order valence-electron chi connectivity index (χ0n) is 9.70. The van der Waals surface area contributed by atoms with Crippen molar-refractivity contribution < 1.29 is 22.9 Å². The molecule has 0 aliphatic carbocycles. The third-order valence-corrected chi connectivity index (χ3v) is 3.67. The first-order valence-electron chi connectivity index (χ1n) is 5.35. The number of rotatable bonds is 2. The SMILES string of the molecule is Cc1ccc(N2CC(O)CC2=O)c(S(=O)(=O)O)c1. The van der Waals surface area contributed by atoms with Crippen molar-refractivity contribution in [1.29, 1.82) is 0 Å². The smallest absolute Gasteiger partial charge is 0.296 e.